The first-order valence-corrected chi connectivity index (χ1v) is 31.6. The van der Waals surface area contributed by atoms with Crippen LogP contribution in [-0.2, 0) is 33.2 Å². The van der Waals surface area contributed by atoms with Crippen LogP contribution in [0.3, 0.4) is 0 Å². The van der Waals surface area contributed by atoms with E-state index >= 15 is 0 Å². The van der Waals surface area contributed by atoms with Crippen LogP contribution in [0.15, 0.2) is 24.3 Å². The second-order valence-electron chi connectivity index (χ2n) is 22.9. The molecule has 19 nitrogen and oxygen atoms in total. The van der Waals surface area contributed by atoms with E-state index in [1.165, 1.54) is 135 Å². The fourth-order valence-corrected chi connectivity index (χ4v) is 10.8. The molecule has 3 aliphatic rings. The first-order valence-electron chi connectivity index (χ1n) is 31.6. The highest BCUT2D eigenvalue weighted by Crippen LogP contribution is 2.33. The van der Waals surface area contributed by atoms with Gasteiger partial charge in [0.15, 0.2) is 18.9 Å². The van der Waals surface area contributed by atoms with E-state index < -0.39 is 124 Å². The van der Waals surface area contributed by atoms with Crippen LogP contribution in [-0.4, -0.2) is 193 Å². The first kappa shape index (κ1) is 72.5. The highest BCUT2D eigenvalue weighted by Gasteiger charge is 2.53. The quantitative estimate of drug-likeness (QED) is 0.0234. The minimum absolute atomic E-state index is 0.235. The van der Waals surface area contributed by atoms with Crippen LogP contribution in [0.25, 0.3) is 0 Å². The number of amides is 1. The third kappa shape index (κ3) is 28.0. The number of hydrogen-bond donors (Lipinski definition) is 12. The molecule has 470 valence electrons. The summed E-state index contributed by atoms with van der Waals surface area (Å²) in [5.74, 6) is -0.283. The minimum atomic E-state index is -1.98. The molecule has 3 heterocycles. The number of rotatable bonds is 47. The Bertz CT molecular complexity index is 1560. The summed E-state index contributed by atoms with van der Waals surface area (Å²) in [4.78, 5) is 13.3. The average Bonchev–Trinajstić information content (AvgIpc) is 3.50. The number of ether oxygens (including phenoxy) is 6. The zero-order chi connectivity index (χ0) is 58.3. The second-order valence-corrected chi connectivity index (χ2v) is 22.9. The van der Waals surface area contributed by atoms with Crippen molar-refractivity contribution in [2.45, 2.75) is 330 Å². The molecule has 19 heteroatoms. The Morgan fingerprint density at radius 1 is 0.438 bits per heavy atom. The highest BCUT2D eigenvalue weighted by molar-refractivity contribution is 5.76. The van der Waals surface area contributed by atoms with Gasteiger partial charge in [-0.05, 0) is 44.9 Å². The van der Waals surface area contributed by atoms with Crippen LogP contribution in [0.5, 0.6) is 0 Å². The molecule has 3 fully saturated rings. The van der Waals surface area contributed by atoms with Crippen molar-refractivity contribution in [3.05, 3.63) is 24.3 Å². The van der Waals surface area contributed by atoms with Crippen molar-refractivity contribution in [3.8, 4) is 0 Å². The number of carbonyl (C=O) groups excluding carboxylic acids is 1. The Kier molecular flexibility index (Phi) is 40.5. The average molecular weight is 1150 g/mol. The molecule has 0 radical (unpaired) electrons. The lowest BCUT2D eigenvalue weighted by molar-refractivity contribution is -0.379. The van der Waals surface area contributed by atoms with E-state index in [1.54, 1.807) is 6.08 Å². The van der Waals surface area contributed by atoms with Crippen molar-refractivity contribution in [1.29, 1.82) is 0 Å². The van der Waals surface area contributed by atoms with Crippen LogP contribution in [0, 0.1) is 0 Å². The second kappa shape index (κ2) is 44.7. The van der Waals surface area contributed by atoms with Gasteiger partial charge in [0.1, 0.15) is 73.2 Å². The summed E-state index contributed by atoms with van der Waals surface area (Å²) in [6.07, 6.45) is 20.1. The fourth-order valence-electron chi connectivity index (χ4n) is 10.8. The van der Waals surface area contributed by atoms with Gasteiger partial charge in [0.25, 0.3) is 0 Å². The molecule has 0 aliphatic carbocycles. The van der Waals surface area contributed by atoms with Gasteiger partial charge >= 0.3 is 0 Å². The first-order chi connectivity index (χ1) is 38.8. The van der Waals surface area contributed by atoms with Gasteiger partial charge in [-0.2, -0.15) is 0 Å². The third-order valence-electron chi connectivity index (χ3n) is 16.0. The molecule has 17 unspecified atom stereocenters. The Morgan fingerprint density at radius 3 is 1.21 bits per heavy atom. The lowest BCUT2D eigenvalue weighted by Gasteiger charge is -2.48. The maximum absolute atomic E-state index is 13.3. The van der Waals surface area contributed by atoms with E-state index in [2.05, 4.69) is 31.3 Å². The van der Waals surface area contributed by atoms with Gasteiger partial charge in [-0.3, -0.25) is 4.79 Å². The summed E-state index contributed by atoms with van der Waals surface area (Å²) in [5.41, 5.74) is 0. The van der Waals surface area contributed by atoms with Gasteiger partial charge in [0.05, 0.1) is 38.6 Å². The molecular weight excluding hydrogens is 1030 g/mol. The van der Waals surface area contributed by atoms with Crippen molar-refractivity contribution < 1.29 is 89.4 Å². The molecule has 0 aromatic carbocycles. The van der Waals surface area contributed by atoms with Crippen LogP contribution < -0.4 is 5.32 Å². The molecule has 0 saturated carbocycles. The molecular formula is C61H113NO18. The number of hydrogen-bond acceptors (Lipinski definition) is 18. The molecule has 1 amide bonds. The Balaban J connectivity index is 1.49. The summed E-state index contributed by atoms with van der Waals surface area (Å²) in [6, 6.07) is -0.975. The van der Waals surface area contributed by atoms with Crippen molar-refractivity contribution in [2.24, 2.45) is 0 Å². The zero-order valence-electron chi connectivity index (χ0n) is 49.1. The van der Waals surface area contributed by atoms with Gasteiger partial charge in [-0.15, -0.1) is 0 Å². The topological polar surface area (TPSA) is 307 Å². The Hall–Kier alpha value is -1.73. The molecule has 0 aromatic rings. The standard InChI is InChI=1S/C61H113NO18/c1-3-5-7-9-11-13-15-17-19-20-21-22-23-25-26-28-30-32-34-36-38-45(66)44(62-49(67)39-37-35-33-31-29-27-24-18-16-14-12-10-8-6-4-2)43-75-59-55(73)52(70)57(47(41-64)77-59)80-61-56(74)53(71)58(48(42-65)78-61)79-60-54(72)51(69)50(68)46(40-63)76-60/h18,24,36,38,44-48,50-61,63-66,68-74H,3-17,19-23,25-35,37,39-43H2,1-2H3,(H,62,67)/b24-18-,38-36+. The van der Waals surface area contributed by atoms with E-state index in [-0.39, 0.29) is 18.9 Å². The largest absolute Gasteiger partial charge is 0.394 e. The number of aliphatic hydroxyl groups excluding tert-OH is 11. The van der Waals surface area contributed by atoms with Crippen LogP contribution in [0.1, 0.15) is 226 Å². The molecule has 0 spiro atoms. The molecule has 12 N–H and O–H groups in total. The molecule has 3 aliphatic heterocycles. The van der Waals surface area contributed by atoms with Gasteiger partial charge in [0.2, 0.25) is 5.91 Å². The lowest BCUT2D eigenvalue weighted by Crippen LogP contribution is -2.66. The molecule has 0 bridgehead atoms. The van der Waals surface area contributed by atoms with Crippen LogP contribution in [0.2, 0.25) is 0 Å². The summed E-state index contributed by atoms with van der Waals surface area (Å²) in [5, 5.41) is 120. The van der Waals surface area contributed by atoms with E-state index in [1.807, 2.05) is 6.08 Å². The predicted octanol–water partition coefficient (Wildman–Crippen LogP) is 6.32. The maximum atomic E-state index is 13.3. The van der Waals surface area contributed by atoms with E-state index in [0.29, 0.717) is 6.42 Å². The van der Waals surface area contributed by atoms with Crippen LogP contribution >= 0.6 is 0 Å². The maximum Gasteiger partial charge on any atom is 0.220 e. The SMILES string of the molecule is CCCCCCCC/C=C\CCCCCCCC(=O)NC(COC1OC(CO)C(OC2OC(CO)C(OC3OC(CO)C(O)C(O)C3O)C(O)C2O)C(O)C1O)C(O)/C=C/CCCCCCCCCCCCCCCCCCCC. The van der Waals surface area contributed by atoms with E-state index in [4.69, 9.17) is 28.4 Å². The van der Waals surface area contributed by atoms with Crippen molar-refractivity contribution in [3.63, 3.8) is 0 Å². The summed E-state index contributed by atoms with van der Waals surface area (Å²) in [6.45, 7) is 1.72. The van der Waals surface area contributed by atoms with Crippen LogP contribution in [0.4, 0.5) is 0 Å². The van der Waals surface area contributed by atoms with Crippen molar-refractivity contribution in [1.82, 2.24) is 5.32 Å². The number of nitrogens with one attached hydrogen (secondary N) is 1. The molecule has 0 aromatic heterocycles. The molecule has 3 rings (SSSR count). The van der Waals surface area contributed by atoms with E-state index in [0.717, 1.165) is 64.2 Å². The van der Waals surface area contributed by atoms with E-state index in [9.17, 15) is 61.0 Å². The van der Waals surface area contributed by atoms with Crippen molar-refractivity contribution >= 4 is 5.91 Å². The molecule has 80 heavy (non-hydrogen) atoms. The summed E-state index contributed by atoms with van der Waals surface area (Å²) in [7, 11) is 0. The van der Waals surface area contributed by atoms with Gasteiger partial charge < -0.3 is 89.9 Å². The number of unbranched alkanes of at least 4 members (excludes halogenated alkanes) is 29. The summed E-state index contributed by atoms with van der Waals surface area (Å²) >= 11 is 0. The zero-order valence-corrected chi connectivity index (χ0v) is 49.1. The monoisotopic (exact) mass is 1150 g/mol. The smallest absolute Gasteiger partial charge is 0.220 e. The Labute approximate surface area is 479 Å². The van der Waals surface area contributed by atoms with Crippen molar-refractivity contribution in [2.75, 3.05) is 26.4 Å². The normalized spacial score (nSPS) is 30.1. The molecule has 17 atom stereocenters. The number of aliphatic hydroxyl groups is 11. The fraction of sp³-hybridized carbons (Fsp3) is 0.918. The highest BCUT2D eigenvalue weighted by atomic mass is 16.8. The number of allylic oxidation sites excluding steroid dienone is 3. The lowest BCUT2D eigenvalue weighted by atomic mass is 9.96. The number of carbonyl (C=O) groups is 1. The van der Waals surface area contributed by atoms with Gasteiger partial charge in [-0.25, -0.2) is 0 Å². The summed E-state index contributed by atoms with van der Waals surface area (Å²) < 4.78 is 34.3. The van der Waals surface area contributed by atoms with Gasteiger partial charge in [0, 0.05) is 6.42 Å². The third-order valence-corrected chi connectivity index (χ3v) is 16.0. The predicted molar refractivity (Wildman–Crippen MR) is 305 cm³/mol. The minimum Gasteiger partial charge on any atom is -0.394 e. The molecule has 3 saturated heterocycles. The van der Waals surface area contributed by atoms with Gasteiger partial charge in [-0.1, -0.05) is 199 Å². The Morgan fingerprint density at radius 2 is 0.787 bits per heavy atom.